The third-order valence-electron chi connectivity index (χ3n) is 3.58. The monoisotopic (exact) mass is 320 g/mol. The lowest BCUT2D eigenvalue weighted by Gasteiger charge is -2.06. The molecule has 4 heteroatoms. The smallest absolute Gasteiger partial charge is 0.344 e. The van der Waals surface area contributed by atoms with Crippen molar-refractivity contribution >= 4 is 11.9 Å². The van der Waals surface area contributed by atoms with E-state index in [1.165, 1.54) is 25.7 Å². The number of unbranched alkanes of at least 4 members (excludes halogenated alkanes) is 6. The normalized spacial score (nSPS) is 10.3. The van der Waals surface area contributed by atoms with E-state index in [0.29, 0.717) is 6.42 Å². The zero-order valence-electron chi connectivity index (χ0n) is 14.1. The van der Waals surface area contributed by atoms with E-state index in [0.717, 1.165) is 24.8 Å². The number of hydrogen-bond donors (Lipinski definition) is 0. The summed E-state index contributed by atoms with van der Waals surface area (Å²) in [5.74, 6) is -0.836. The fourth-order valence-electron chi connectivity index (χ4n) is 2.22. The Morgan fingerprint density at radius 1 is 0.826 bits per heavy atom. The number of carbonyl (C=O) groups is 2. The highest BCUT2D eigenvalue weighted by atomic mass is 16.6. The van der Waals surface area contributed by atoms with Crippen LogP contribution in [0.2, 0.25) is 0 Å². The summed E-state index contributed by atoms with van der Waals surface area (Å²) >= 11 is 0. The molecule has 0 aliphatic carbocycles. The lowest BCUT2D eigenvalue weighted by atomic mass is 10.1. The third kappa shape index (κ3) is 10.5. The first-order valence-electron chi connectivity index (χ1n) is 8.57. The second-order valence-electron chi connectivity index (χ2n) is 5.68. The molecule has 0 N–H and O–H groups in total. The van der Waals surface area contributed by atoms with Crippen LogP contribution in [0, 0.1) is 0 Å². The van der Waals surface area contributed by atoms with Gasteiger partial charge in [-0.1, -0.05) is 75.8 Å². The molecule has 0 spiro atoms. The molecule has 0 saturated heterocycles. The molecule has 0 fully saturated rings. The van der Waals surface area contributed by atoms with Crippen molar-refractivity contribution in [2.45, 2.75) is 64.9 Å². The average molecular weight is 320 g/mol. The maximum absolute atomic E-state index is 11.5. The van der Waals surface area contributed by atoms with Gasteiger partial charge in [0, 0.05) is 6.42 Å². The van der Waals surface area contributed by atoms with E-state index < -0.39 is 5.97 Å². The van der Waals surface area contributed by atoms with Crippen LogP contribution in [0.4, 0.5) is 0 Å². The van der Waals surface area contributed by atoms with E-state index >= 15 is 0 Å². The highest BCUT2D eigenvalue weighted by Gasteiger charge is 2.08. The van der Waals surface area contributed by atoms with Gasteiger partial charge >= 0.3 is 11.9 Å². The number of hydrogen-bond acceptors (Lipinski definition) is 4. The van der Waals surface area contributed by atoms with Gasteiger partial charge in [0.1, 0.15) is 6.61 Å². The highest BCUT2D eigenvalue weighted by molar-refractivity contribution is 5.76. The second kappa shape index (κ2) is 12.7. The van der Waals surface area contributed by atoms with E-state index in [4.69, 9.17) is 9.47 Å². The Morgan fingerprint density at radius 2 is 1.48 bits per heavy atom. The third-order valence-corrected chi connectivity index (χ3v) is 3.58. The van der Waals surface area contributed by atoms with Crippen LogP contribution in [0.5, 0.6) is 0 Å². The molecule has 4 nitrogen and oxygen atoms in total. The number of carbonyl (C=O) groups excluding carboxylic acids is 2. The Balaban J connectivity index is 1.99. The minimum Gasteiger partial charge on any atom is -0.458 e. The van der Waals surface area contributed by atoms with Crippen LogP contribution in [-0.2, 0) is 25.7 Å². The average Bonchev–Trinajstić information content (AvgIpc) is 2.58. The van der Waals surface area contributed by atoms with Gasteiger partial charge < -0.3 is 9.47 Å². The molecule has 0 aliphatic rings. The zero-order chi connectivity index (χ0) is 16.8. The van der Waals surface area contributed by atoms with Gasteiger partial charge in [-0.15, -0.1) is 0 Å². The Kier molecular flexibility index (Phi) is 10.6. The van der Waals surface area contributed by atoms with Crippen LogP contribution in [0.25, 0.3) is 0 Å². The van der Waals surface area contributed by atoms with E-state index in [9.17, 15) is 9.59 Å². The van der Waals surface area contributed by atoms with E-state index in [1.807, 2.05) is 30.3 Å². The van der Waals surface area contributed by atoms with Crippen LogP contribution < -0.4 is 0 Å². The summed E-state index contributed by atoms with van der Waals surface area (Å²) in [6.07, 6.45) is 8.43. The molecule has 1 rings (SSSR count). The van der Waals surface area contributed by atoms with E-state index in [1.54, 1.807) is 0 Å². The summed E-state index contributed by atoms with van der Waals surface area (Å²) in [5.41, 5.74) is 0.912. The van der Waals surface area contributed by atoms with Gasteiger partial charge in [0.15, 0.2) is 6.61 Å². The van der Waals surface area contributed by atoms with Crippen LogP contribution in [0.15, 0.2) is 30.3 Å². The van der Waals surface area contributed by atoms with Crippen molar-refractivity contribution in [3.63, 3.8) is 0 Å². The number of esters is 2. The van der Waals surface area contributed by atoms with Gasteiger partial charge in [-0.05, 0) is 12.0 Å². The largest absolute Gasteiger partial charge is 0.458 e. The molecule has 0 aliphatic heterocycles. The lowest BCUT2D eigenvalue weighted by Crippen LogP contribution is -2.16. The predicted molar refractivity (Wildman–Crippen MR) is 89.8 cm³/mol. The van der Waals surface area contributed by atoms with Crippen molar-refractivity contribution in [1.82, 2.24) is 0 Å². The first-order chi connectivity index (χ1) is 11.2. The fraction of sp³-hybridized carbons (Fsp3) is 0.579. The molecule has 0 bridgehead atoms. The van der Waals surface area contributed by atoms with Crippen LogP contribution in [-0.4, -0.2) is 18.5 Å². The molecule has 0 unspecified atom stereocenters. The second-order valence-corrected chi connectivity index (χ2v) is 5.68. The molecule has 0 saturated carbocycles. The Hall–Kier alpha value is -1.84. The van der Waals surface area contributed by atoms with Crippen molar-refractivity contribution in [2.75, 3.05) is 6.61 Å². The van der Waals surface area contributed by atoms with Crippen LogP contribution in [0.3, 0.4) is 0 Å². The molecule has 1 aromatic carbocycles. The summed E-state index contributed by atoms with van der Waals surface area (Å²) in [5, 5.41) is 0. The van der Waals surface area contributed by atoms with Crippen LogP contribution in [0.1, 0.15) is 63.9 Å². The topological polar surface area (TPSA) is 52.6 Å². The molecule has 0 heterocycles. The standard InChI is InChI=1S/C19H28O4/c1-2-3-4-5-6-7-11-14-18(20)23-16-19(21)22-15-17-12-9-8-10-13-17/h8-10,12-13H,2-7,11,14-16H2,1H3. The maximum Gasteiger partial charge on any atom is 0.344 e. The fourth-order valence-corrected chi connectivity index (χ4v) is 2.22. The van der Waals surface area contributed by atoms with Gasteiger partial charge in [0.2, 0.25) is 0 Å². The number of rotatable bonds is 12. The first kappa shape index (κ1) is 19.2. The lowest BCUT2D eigenvalue weighted by molar-refractivity contribution is -0.159. The van der Waals surface area contributed by atoms with Gasteiger partial charge in [0.25, 0.3) is 0 Å². The quantitative estimate of drug-likeness (QED) is 0.423. The summed E-state index contributed by atoms with van der Waals surface area (Å²) < 4.78 is 9.97. The molecule has 0 radical (unpaired) electrons. The summed E-state index contributed by atoms with van der Waals surface area (Å²) in [7, 11) is 0. The SMILES string of the molecule is CCCCCCCCCC(=O)OCC(=O)OCc1ccccc1. The molecular weight excluding hydrogens is 292 g/mol. The Labute approximate surface area is 139 Å². The van der Waals surface area contributed by atoms with Crippen molar-refractivity contribution in [3.05, 3.63) is 35.9 Å². The van der Waals surface area contributed by atoms with Crippen molar-refractivity contribution in [1.29, 1.82) is 0 Å². The predicted octanol–water partition coefficient (Wildman–Crippen LogP) is 4.41. The number of ether oxygens (including phenoxy) is 2. The minimum atomic E-state index is -0.512. The van der Waals surface area contributed by atoms with E-state index in [-0.39, 0.29) is 19.2 Å². The van der Waals surface area contributed by atoms with Gasteiger partial charge in [-0.2, -0.15) is 0 Å². The van der Waals surface area contributed by atoms with Crippen molar-refractivity contribution in [2.24, 2.45) is 0 Å². The molecular formula is C19H28O4. The molecule has 0 amide bonds. The van der Waals surface area contributed by atoms with Gasteiger partial charge in [0.05, 0.1) is 0 Å². The maximum atomic E-state index is 11.5. The molecule has 128 valence electrons. The van der Waals surface area contributed by atoms with Crippen molar-refractivity contribution in [3.8, 4) is 0 Å². The Morgan fingerprint density at radius 3 is 2.17 bits per heavy atom. The molecule has 23 heavy (non-hydrogen) atoms. The minimum absolute atomic E-state index is 0.203. The van der Waals surface area contributed by atoms with Crippen molar-refractivity contribution < 1.29 is 19.1 Å². The van der Waals surface area contributed by atoms with Gasteiger partial charge in [-0.3, -0.25) is 4.79 Å². The highest BCUT2D eigenvalue weighted by Crippen LogP contribution is 2.09. The number of benzene rings is 1. The summed E-state index contributed by atoms with van der Waals surface area (Å²) in [4.78, 5) is 23.0. The van der Waals surface area contributed by atoms with E-state index in [2.05, 4.69) is 6.92 Å². The summed E-state index contributed by atoms with van der Waals surface area (Å²) in [6.45, 7) is 2.10. The van der Waals surface area contributed by atoms with Crippen LogP contribution >= 0.6 is 0 Å². The molecule has 0 aromatic heterocycles. The molecule has 1 aromatic rings. The first-order valence-corrected chi connectivity index (χ1v) is 8.57. The summed E-state index contributed by atoms with van der Waals surface area (Å²) in [6, 6.07) is 9.41. The van der Waals surface area contributed by atoms with Gasteiger partial charge in [-0.25, -0.2) is 4.79 Å². The zero-order valence-corrected chi connectivity index (χ0v) is 14.1. The Bertz CT molecular complexity index is 442. The molecule has 0 atom stereocenters.